The average molecular weight is 284 g/mol. The molecule has 0 heterocycles. The standard InChI is InChI=1S/C15H28N2O3/c1-2-6-13(14(18)19)11-17-15(20)16-10-9-12-7-4-3-5-8-12/h12-13H,2-11H2,1H3,(H,18,19)(H2,16,17,20). The zero-order valence-electron chi connectivity index (χ0n) is 12.5. The summed E-state index contributed by atoms with van der Waals surface area (Å²) in [5.41, 5.74) is 0. The summed E-state index contributed by atoms with van der Waals surface area (Å²) in [6.07, 6.45) is 8.97. The van der Waals surface area contributed by atoms with E-state index in [1.54, 1.807) is 0 Å². The lowest BCUT2D eigenvalue weighted by atomic mass is 9.87. The Morgan fingerprint density at radius 1 is 1.20 bits per heavy atom. The number of carboxylic acids is 1. The van der Waals surface area contributed by atoms with Crippen molar-refractivity contribution in [3.63, 3.8) is 0 Å². The van der Waals surface area contributed by atoms with Crippen molar-refractivity contribution in [1.82, 2.24) is 10.6 Å². The van der Waals surface area contributed by atoms with E-state index in [1.165, 1.54) is 32.1 Å². The Kier molecular flexibility index (Phi) is 8.07. The van der Waals surface area contributed by atoms with Crippen molar-refractivity contribution in [2.75, 3.05) is 13.1 Å². The van der Waals surface area contributed by atoms with Crippen LogP contribution in [-0.4, -0.2) is 30.2 Å². The summed E-state index contributed by atoms with van der Waals surface area (Å²) in [6.45, 7) is 2.83. The third kappa shape index (κ3) is 6.78. The van der Waals surface area contributed by atoms with Crippen LogP contribution >= 0.6 is 0 Å². The smallest absolute Gasteiger partial charge is 0.314 e. The monoisotopic (exact) mass is 284 g/mol. The zero-order valence-corrected chi connectivity index (χ0v) is 12.5. The fraction of sp³-hybridized carbons (Fsp3) is 0.867. The summed E-state index contributed by atoms with van der Waals surface area (Å²) in [5.74, 6) is -0.575. The summed E-state index contributed by atoms with van der Waals surface area (Å²) in [5, 5.41) is 14.5. The van der Waals surface area contributed by atoms with Gasteiger partial charge >= 0.3 is 12.0 Å². The van der Waals surface area contributed by atoms with E-state index in [1.807, 2.05) is 6.92 Å². The molecule has 0 saturated heterocycles. The molecule has 2 amide bonds. The lowest BCUT2D eigenvalue weighted by Crippen LogP contribution is -2.40. The largest absolute Gasteiger partial charge is 0.481 e. The molecular weight excluding hydrogens is 256 g/mol. The Morgan fingerprint density at radius 2 is 1.90 bits per heavy atom. The van der Waals surface area contributed by atoms with Crippen LogP contribution in [0, 0.1) is 11.8 Å². The highest BCUT2D eigenvalue weighted by atomic mass is 16.4. The Morgan fingerprint density at radius 3 is 2.50 bits per heavy atom. The number of hydrogen-bond donors (Lipinski definition) is 3. The van der Waals surface area contributed by atoms with Crippen molar-refractivity contribution in [2.45, 2.75) is 58.3 Å². The first-order valence-corrected chi connectivity index (χ1v) is 7.88. The average Bonchev–Trinajstić information content (AvgIpc) is 2.44. The molecule has 0 aliphatic heterocycles. The molecule has 0 radical (unpaired) electrons. The molecule has 1 aliphatic carbocycles. The molecule has 0 aromatic heterocycles. The van der Waals surface area contributed by atoms with Gasteiger partial charge < -0.3 is 15.7 Å². The van der Waals surface area contributed by atoms with Gasteiger partial charge in [0.25, 0.3) is 0 Å². The minimum atomic E-state index is -0.839. The van der Waals surface area contributed by atoms with E-state index < -0.39 is 11.9 Å². The fourth-order valence-corrected chi connectivity index (χ4v) is 2.81. The van der Waals surface area contributed by atoms with Crippen molar-refractivity contribution < 1.29 is 14.7 Å². The quantitative estimate of drug-likeness (QED) is 0.641. The van der Waals surface area contributed by atoms with Gasteiger partial charge in [0.2, 0.25) is 0 Å². The maximum atomic E-state index is 11.6. The minimum Gasteiger partial charge on any atom is -0.481 e. The number of amides is 2. The van der Waals surface area contributed by atoms with E-state index in [2.05, 4.69) is 10.6 Å². The minimum absolute atomic E-state index is 0.207. The summed E-state index contributed by atoms with van der Waals surface area (Å²) >= 11 is 0. The summed E-state index contributed by atoms with van der Waals surface area (Å²) in [7, 11) is 0. The number of nitrogens with one attached hydrogen (secondary N) is 2. The second-order valence-corrected chi connectivity index (χ2v) is 5.75. The molecule has 1 unspecified atom stereocenters. The van der Waals surface area contributed by atoms with Gasteiger partial charge in [-0.25, -0.2) is 4.79 Å². The van der Waals surface area contributed by atoms with Gasteiger partial charge in [-0.3, -0.25) is 4.79 Å². The van der Waals surface area contributed by atoms with Crippen molar-refractivity contribution in [3.8, 4) is 0 Å². The molecule has 3 N–H and O–H groups in total. The number of carbonyl (C=O) groups is 2. The SMILES string of the molecule is CCCC(CNC(=O)NCCC1CCCCC1)C(=O)O. The van der Waals surface area contributed by atoms with Crippen LogP contribution in [0.5, 0.6) is 0 Å². The Hall–Kier alpha value is -1.26. The van der Waals surface area contributed by atoms with Crippen LogP contribution in [-0.2, 0) is 4.79 Å². The number of carboxylic acid groups (broad SMARTS) is 1. The maximum Gasteiger partial charge on any atom is 0.314 e. The van der Waals surface area contributed by atoms with Crippen LogP contribution in [0.3, 0.4) is 0 Å². The van der Waals surface area contributed by atoms with Gasteiger partial charge in [-0.1, -0.05) is 45.4 Å². The molecule has 0 bridgehead atoms. The first kappa shape index (κ1) is 16.8. The maximum absolute atomic E-state index is 11.6. The van der Waals surface area contributed by atoms with Gasteiger partial charge in [0.15, 0.2) is 0 Å². The number of urea groups is 1. The van der Waals surface area contributed by atoms with E-state index in [9.17, 15) is 9.59 Å². The van der Waals surface area contributed by atoms with Crippen LogP contribution in [0.25, 0.3) is 0 Å². The lowest BCUT2D eigenvalue weighted by Gasteiger charge is -2.21. The lowest BCUT2D eigenvalue weighted by molar-refractivity contribution is -0.141. The van der Waals surface area contributed by atoms with Crippen LogP contribution in [0.4, 0.5) is 4.79 Å². The second-order valence-electron chi connectivity index (χ2n) is 5.75. The number of carbonyl (C=O) groups excluding carboxylic acids is 1. The van der Waals surface area contributed by atoms with Gasteiger partial charge in [-0.05, 0) is 18.8 Å². The van der Waals surface area contributed by atoms with Crippen molar-refractivity contribution >= 4 is 12.0 Å². The van der Waals surface area contributed by atoms with Crippen LogP contribution < -0.4 is 10.6 Å². The molecule has 0 spiro atoms. The Labute approximate surface area is 121 Å². The van der Waals surface area contributed by atoms with E-state index in [4.69, 9.17) is 5.11 Å². The van der Waals surface area contributed by atoms with Crippen molar-refractivity contribution in [2.24, 2.45) is 11.8 Å². The predicted molar refractivity (Wildman–Crippen MR) is 78.6 cm³/mol. The molecule has 1 fully saturated rings. The topological polar surface area (TPSA) is 78.4 Å². The molecule has 1 aliphatic rings. The molecule has 1 atom stereocenters. The first-order valence-electron chi connectivity index (χ1n) is 7.88. The third-order valence-corrected chi connectivity index (χ3v) is 4.06. The fourth-order valence-electron chi connectivity index (χ4n) is 2.81. The number of hydrogen-bond acceptors (Lipinski definition) is 2. The number of rotatable bonds is 8. The summed E-state index contributed by atoms with van der Waals surface area (Å²) in [4.78, 5) is 22.6. The van der Waals surface area contributed by atoms with E-state index in [0.717, 1.165) is 18.8 Å². The zero-order chi connectivity index (χ0) is 14.8. The molecule has 0 aromatic carbocycles. The van der Waals surface area contributed by atoms with E-state index in [0.29, 0.717) is 13.0 Å². The second kappa shape index (κ2) is 9.61. The first-order chi connectivity index (χ1) is 9.63. The van der Waals surface area contributed by atoms with E-state index in [-0.39, 0.29) is 12.6 Å². The normalized spacial score (nSPS) is 17.4. The molecule has 1 saturated carbocycles. The molecule has 0 aromatic rings. The molecule has 1 rings (SSSR count). The molecular formula is C15H28N2O3. The molecule has 20 heavy (non-hydrogen) atoms. The van der Waals surface area contributed by atoms with Crippen LogP contribution in [0.2, 0.25) is 0 Å². The highest BCUT2D eigenvalue weighted by Crippen LogP contribution is 2.25. The Balaban J connectivity index is 2.11. The molecule has 5 heteroatoms. The summed E-state index contributed by atoms with van der Waals surface area (Å²) in [6, 6.07) is -0.247. The summed E-state index contributed by atoms with van der Waals surface area (Å²) < 4.78 is 0. The van der Waals surface area contributed by atoms with Crippen molar-refractivity contribution in [3.05, 3.63) is 0 Å². The van der Waals surface area contributed by atoms with Gasteiger partial charge in [0, 0.05) is 13.1 Å². The third-order valence-electron chi connectivity index (χ3n) is 4.06. The molecule has 116 valence electrons. The van der Waals surface area contributed by atoms with Gasteiger partial charge in [0.05, 0.1) is 5.92 Å². The highest BCUT2D eigenvalue weighted by Gasteiger charge is 2.17. The van der Waals surface area contributed by atoms with Crippen LogP contribution in [0.15, 0.2) is 0 Å². The van der Waals surface area contributed by atoms with Crippen molar-refractivity contribution in [1.29, 1.82) is 0 Å². The van der Waals surface area contributed by atoms with Crippen LogP contribution in [0.1, 0.15) is 58.3 Å². The number of aliphatic carboxylic acids is 1. The van der Waals surface area contributed by atoms with Gasteiger partial charge in [-0.2, -0.15) is 0 Å². The van der Waals surface area contributed by atoms with Gasteiger partial charge in [0.1, 0.15) is 0 Å². The van der Waals surface area contributed by atoms with E-state index >= 15 is 0 Å². The predicted octanol–water partition coefficient (Wildman–Crippen LogP) is 2.76. The molecule has 5 nitrogen and oxygen atoms in total. The highest BCUT2D eigenvalue weighted by molar-refractivity contribution is 5.75. The Bertz CT molecular complexity index is 301. The van der Waals surface area contributed by atoms with Gasteiger partial charge in [-0.15, -0.1) is 0 Å².